The number of hydrogen-bond acceptors (Lipinski definition) is 7. The van der Waals surface area contributed by atoms with Crippen molar-refractivity contribution in [1.29, 1.82) is 0 Å². The highest BCUT2D eigenvalue weighted by Crippen LogP contribution is 2.32. The summed E-state index contributed by atoms with van der Waals surface area (Å²) in [5, 5.41) is 6.93. The summed E-state index contributed by atoms with van der Waals surface area (Å²) in [4.78, 5) is 30.4. The summed E-state index contributed by atoms with van der Waals surface area (Å²) in [6.07, 6.45) is 6.69. The molecule has 35 heavy (non-hydrogen) atoms. The van der Waals surface area contributed by atoms with E-state index in [-0.39, 0.29) is 5.56 Å². The van der Waals surface area contributed by atoms with Crippen molar-refractivity contribution in [2.75, 3.05) is 26.6 Å². The number of carbonyl (C=O) groups is 2. The fourth-order valence-electron chi connectivity index (χ4n) is 4.01. The third-order valence-corrected chi connectivity index (χ3v) is 6.12. The van der Waals surface area contributed by atoms with E-state index < -0.39 is 17.4 Å². The van der Waals surface area contributed by atoms with Gasteiger partial charge < -0.3 is 29.4 Å². The first-order valence-corrected chi connectivity index (χ1v) is 11.1. The van der Waals surface area contributed by atoms with E-state index in [0.717, 1.165) is 5.52 Å². The maximum atomic E-state index is 13.4. The van der Waals surface area contributed by atoms with Gasteiger partial charge in [0.05, 0.1) is 31.4 Å². The molecule has 0 radical (unpaired) electrons. The predicted molar refractivity (Wildman–Crippen MR) is 133 cm³/mol. The lowest BCUT2D eigenvalue weighted by atomic mass is 10.1. The van der Waals surface area contributed by atoms with E-state index in [2.05, 4.69) is 15.6 Å². The summed E-state index contributed by atoms with van der Waals surface area (Å²) in [6.45, 7) is 2.10. The molecular formula is C25H25ClN4O5. The number of allylic oxidation sites excluding steroid dienone is 2. The number of rotatable bonds is 8. The van der Waals surface area contributed by atoms with Crippen molar-refractivity contribution < 1.29 is 23.8 Å². The van der Waals surface area contributed by atoms with Crippen molar-refractivity contribution in [3.05, 3.63) is 71.2 Å². The highest BCUT2D eigenvalue weighted by atomic mass is 35.5. The molecule has 3 aromatic rings. The number of hydrogen-bond donors (Lipinski definition) is 2. The molecule has 2 aromatic heterocycles. The fraction of sp³-hybridized carbons (Fsp3) is 0.240. The predicted octanol–water partition coefficient (Wildman–Crippen LogP) is 3.77. The molecule has 1 aliphatic rings. The molecule has 0 saturated carbocycles. The number of ketones is 1. The number of amides is 1. The highest BCUT2D eigenvalue weighted by Gasteiger charge is 2.32. The van der Waals surface area contributed by atoms with Crippen LogP contribution in [0.4, 0.5) is 5.69 Å². The molecule has 1 aromatic carbocycles. The van der Waals surface area contributed by atoms with Crippen LogP contribution in [0.1, 0.15) is 16.1 Å². The number of anilines is 1. The molecule has 0 spiro atoms. The number of dihydropyridines is 1. The quantitative estimate of drug-likeness (QED) is 0.361. The molecule has 3 heterocycles. The lowest BCUT2D eigenvalue weighted by molar-refractivity contribution is -0.112. The van der Waals surface area contributed by atoms with E-state index in [1.807, 2.05) is 16.7 Å². The molecule has 4 rings (SSSR count). The van der Waals surface area contributed by atoms with Crippen LogP contribution in [0, 0.1) is 6.92 Å². The number of fused-ring (bicyclic) bond motifs is 1. The first-order valence-electron chi connectivity index (χ1n) is 10.7. The number of carbonyl (C=O) groups excluding carboxylic acids is 2. The van der Waals surface area contributed by atoms with Gasteiger partial charge in [0, 0.05) is 47.9 Å². The van der Waals surface area contributed by atoms with Crippen molar-refractivity contribution in [1.82, 2.24) is 14.9 Å². The van der Waals surface area contributed by atoms with Crippen molar-refractivity contribution in [2.45, 2.75) is 19.2 Å². The summed E-state index contributed by atoms with van der Waals surface area (Å²) >= 11 is 6.06. The van der Waals surface area contributed by atoms with Gasteiger partial charge in [-0.3, -0.25) is 9.59 Å². The molecule has 1 unspecified atom stereocenters. The van der Waals surface area contributed by atoms with E-state index >= 15 is 0 Å². The number of pyridine rings is 1. The minimum Gasteiger partial charge on any atom is -0.497 e. The van der Waals surface area contributed by atoms with E-state index in [9.17, 15) is 9.59 Å². The monoisotopic (exact) mass is 496 g/mol. The number of ether oxygens (including phenoxy) is 3. The van der Waals surface area contributed by atoms with E-state index in [1.165, 1.54) is 19.4 Å². The Morgan fingerprint density at radius 3 is 2.63 bits per heavy atom. The Morgan fingerprint density at radius 2 is 1.97 bits per heavy atom. The van der Waals surface area contributed by atoms with Gasteiger partial charge in [-0.05, 0) is 43.3 Å². The third kappa shape index (κ3) is 4.73. The van der Waals surface area contributed by atoms with Gasteiger partial charge in [-0.2, -0.15) is 0 Å². The van der Waals surface area contributed by atoms with Crippen LogP contribution < -0.4 is 20.1 Å². The molecule has 1 aliphatic heterocycles. The topological polar surface area (TPSA) is 104 Å². The molecule has 9 nitrogen and oxygen atoms in total. The lowest BCUT2D eigenvalue weighted by Gasteiger charge is -2.33. The van der Waals surface area contributed by atoms with Gasteiger partial charge in [0.15, 0.2) is 5.72 Å². The van der Waals surface area contributed by atoms with Crippen molar-refractivity contribution in [2.24, 2.45) is 0 Å². The van der Waals surface area contributed by atoms with Crippen molar-refractivity contribution in [3.8, 4) is 11.6 Å². The smallest absolute Gasteiger partial charge is 0.296 e. The molecule has 0 saturated heterocycles. The summed E-state index contributed by atoms with van der Waals surface area (Å²) in [7, 11) is 4.59. The van der Waals surface area contributed by atoms with Crippen molar-refractivity contribution in [3.63, 3.8) is 0 Å². The number of Topliss-reactive ketones (excluding diaryl/α,β-unsaturated/α-hetero) is 1. The number of nitrogens with one attached hydrogen (secondary N) is 2. The SMILES string of the molecule is COc1ccc2c(c1)c(C(=O)C(=O)Nc1ccnc(OC)c1)c(C)n2CC1(OC)C=CC(Cl)=CN1. The Kier molecular flexibility index (Phi) is 6.81. The molecule has 0 fully saturated rings. The van der Waals surface area contributed by atoms with Crippen LogP contribution in [0.5, 0.6) is 11.6 Å². The second-order valence-electron chi connectivity index (χ2n) is 7.90. The number of aromatic nitrogens is 2. The number of benzene rings is 1. The molecule has 10 heteroatoms. The number of halogens is 1. The molecule has 182 valence electrons. The zero-order chi connectivity index (χ0) is 25.2. The van der Waals surface area contributed by atoms with Gasteiger partial charge in [-0.25, -0.2) is 4.98 Å². The summed E-state index contributed by atoms with van der Waals surface area (Å²) in [5.41, 5.74) is 1.13. The van der Waals surface area contributed by atoms with Gasteiger partial charge in [0.2, 0.25) is 5.88 Å². The standard InChI is InChI=1S/C25H25ClN4O5/c1-15-22(23(31)24(32)29-17-8-10-27-21(11-17)34-3)19-12-18(33-2)5-6-20(19)30(15)14-25(35-4)9-7-16(26)13-28-25/h5-13,28H,14H2,1-4H3,(H,27,29,32). The summed E-state index contributed by atoms with van der Waals surface area (Å²) in [5.74, 6) is -0.582. The largest absolute Gasteiger partial charge is 0.497 e. The Bertz CT molecular complexity index is 1360. The maximum absolute atomic E-state index is 13.4. The Morgan fingerprint density at radius 1 is 1.17 bits per heavy atom. The van der Waals surface area contributed by atoms with E-state index in [4.69, 9.17) is 25.8 Å². The minimum atomic E-state index is -0.898. The van der Waals surface area contributed by atoms with Gasteiger partial charge in [-0.1, -0.05) is 11.6 Å². The first-order chi connectivity index (χ1) is 16.8. The number of methoxy groups -OCH3 is 3. The van der Waals surface area contributed by atoms with Crippen LogP contribution in [0.15, 0.2) is 59.9 Å². The summed E-state index contributed by atoms with van der Waals surface area (Å²) in [6, 6.07) is 8.51. The average molecular weight is 497 g/mol. The van der Waals surface area contributed by atoms with Crippen LogP contribution >= 0.6 is 11.6 Å². The van der Waals surface area contributed by atoms with Crippen LogP contribution in [-0.2, 0) is 16.1 Å². The molecule has 2 N–H and O–H groups in total. The fourth-order valence-corrected chi connectivity index (χ4v) is 4.12. The van der Waals surface area contributed by atoms with Crippen LogP contribution in [0.25, 0.3) is 10.9 Å². The molecular weight excluding hydrogens is 472 g/mol. The average Bonchev–Trinajstić information content (AvgIpc) is 3.15. The molecule has 1 amide bonds. The zero-order valence-electron chi connectivity index (χ0n) is 19.7. The van der Waals surface area contributed by atoms with Crippen LogP contribution in [0.2, 0.25) is 0 Å². The second kappa shape index (κ2) is 9.81. The third-order valence-electron chi connectivity index (χ3n) is 5.89. The van der Waals surface area contributed by atoms with Crippen LogP contribution in [0.3, 0.4) is 0 Å². The molecule has 0 aliphatic carbocycles. The first kappa shape index (κ1) is 24.3. The van der Waals surface area contributed by atoms with E-state index in [0.29, 0.717) is 40.0 Å². The minimum absolute atomic E-state index is 0.275. The van der Waals surface area contributed by atoms with Crippen LogP contribution in [-0.4, -0.2) is 48.3 Å². The number of nitrogens with zero attached hydrogens (tertiary/aromatic N) is 2. The molecule has 1 atom stereocenters. The Balaban J connectivity index is 1.75. The summed E-state index contributed by atoms with van der Waals surface area (Å²) < 4.78 is 18.2. The Hall–Kier alpha value is -3.82. The lowest BCUT2D eigenvalue weighted by Crippen LogP contribution is -2.47. The zero-order valence-corrected chi connectivity index (χ0v) is 20.5. The second-order valence-corrected chi connectivity index (χ2v) is 8.34. The molecule has 0 bridgehead atoms. The Labute approximate surface area is 207 Å². The normalized spacial score (nSPS) is 17.0. The highest BCUT2D eigenvalue weighted by molar-refractivity contribution is 6.48. The van der Waals surface area contributed by atoms with Crippen molar-refractivity contribution >= 4 is 39.9 Å². The van der Waals surface area contributed by atoms with Gasteiger partial charge >= 0.3 is 0 Å². The van der Waals surface area contributed by atoms with Gasteiger partial charge in [0.1, 0.15) is 5.75 Å². The van der Waals surface area contributed by atoms with Gasteiger partial charge in [0.25, 0.3) is 11.7 Å². The van der Waals surface area contributed by atoms with Gasteiger partial charge in [-0.15, -0.1) is 0 Å². The maximum Gasteiger partial charge on any atom is 0.296 e. The van der Waals surface area contributed by atoms with E-state index in [1.54, 1.807) is 51.6 Å².